The van der Waals surface area contributed by atoms with E-state index in [0.717, 1.165) is 6.42 Å². The molecule has 1 saturated heterocycles. The first kappa shape index (κ1) is 12.2. The van der Waals surface area contributed by atoms with Crippen LogP contribution in [0.4, 0.5) is 13.2 Å². The Bertz CT molecular complexity index is 260. The van der Waals surface area contributed by atoms with Crippen molar-refractivity contribution in [1.82, 2.24) is 10.2 Å². The van der Waals surface area contributed by atoms with E-state index in [0.29, 0.717) is 13.1 Å². The average Bonchev–Trinajstić information content (AvgIpc) is 2.98. The summed E-state index contributed by atoms with van der Waals surface area (Å²) in [4.78, 5) is 1.68. The van der Waals surface area contributed by atoms with Gasteiger partial charge in [-0.25, -0.2) is 0 Å². The summed E-state index contributed by atoms with van der Waals surface area (Å²) in [7, 11) is 0. The largest absolute Gasteiger partial charge is 0.406 e. The van der Waals surface area contributed by atoms with Gasteiger partial charge in [-0.3, -0.25) is 4.90 Å². The highest BCUT2D eigenvalue weighted by Gasteiger charge is 2.67. The van der Waals surface area contributed by atoms with Gasteiger partial charge in [0.15, 0.2) is 0 Å². The second-order valence-electron chi connectivity index (χ2n) is 5.04. The predicted molar refractivity (Wildman–Crippen MR) is 56.3 cm³/mol. The lowest BCUT2D eigenvalue weighted by Gasteiger charge is -2.44. The van der Waals surface area contributed by atoms with Crippen LogP contribution in [0.25, 0.3) is 0 Å². The van der Waals surface area contributed by atoms with Gasteiger partial charge in [0.2, 0.25) is 0 Å². The zero-order valence-electron chi connectivity index (χ0n) is 9.77. The van der Waals surface area contributed by atoms with Gasteiger partial charge in [-0.1, -0.05) is 6.92 Å². The number of halogens is 3. The highest BCUT2D eigenvalue weighted by Crippen LogP contribution is 2.54. The summed E-state index contributed by atoms with van der Waals surface area (Å²) in [5.74, 6) is 0. The fraction of sp³-hybridized carbons (Fsp3) is 1.00. The second kappa shape index (κ2) is 3.88. The number of nitrogens with zero attached hydrogens (tertiary/aromatic N) is 1. The molecule has 0 aromatic carbocycles. The molecule has 1 heterocycles. The van der Waals surface area contributed by atoms with Crippen molar-refractivity contribution in [2.24, 2.45) is 0 Å². The van der Waals surface area contributed by atoms with Crippen LogP contribution >= 0.6 is 0 Å². The van der Waals surface area contributed by atoms with Crippen LogP contribution in [0.5, 0.6) is 0 Å². The van der Waals surface area contributed by atoms with E-state index >= 15 is 0 Å². The Morgan fingerprint density at radius 2 is 2.00 bits per heavy atom. The summed E-state index contributed by atoms with van der Waals surface area (Å²) in [6.07, 6.45) is -2.64. The molecule has 0 radical (unpaired) electrons. The predicted octanol–water partition coefficient (Wildman–Crippen LogP) is 2.15. The normalized spacial score (nSPS) is 35.1. The van der Waals surface area contributed by atoms with Gasteiger partial charge in [-0.2, -0.15) is 13.2 Å². The Kier molecular flexibility index (Phi) is 2.95. The van der Waals surface area contributed by atoms with E-state index < -0.39 is 11.7 Å². The molecule has 5 heteroatoms. The average molecular weight is 236 g/mol. The molecule has 94 valence electrons. The maximum atomic E-state index is 13.0. The molecule has 2 aliphatic rings. The van der Waals surface area contributed by atoms with Gasteiger partial charge in [-0.15, -0.1) is 0 Å². The number of rotatable bonds is 2. The molecule has 2 unspecified atom stereocenters. The monoisotopic (exact) mass is 236 g/mol. The Balaban J connectivity index is 2.13. The molecule has 2 rings (SSSR count). The minimum Gasteiger partial charge on any atom is -0.311 e. The highest BCUT2D eigenvalue weighted by molar-refractivity contribution is 5.12. The zero-order valence-corrected chi connectivity index (χ0v) is 9.77. The first-order valence-electron chi connectivity index (χ1n) is 5.97. The van der Waals surface area contributed by atoms with E-state index in [1.54, 1.807) is 4.90 Å². The summed E-state index contributed by atoms with van der Waals surface area (Å²) in [6.45, 7) is 5.08. The van der Waals surface area contributed by atoms with Crippen molar-refractivity contribution in [2.45, 2.75) is 56.9 Å². The molecule has 0 amide bonds. The van der Waals surface area contributed by atoms with Crippen LogP contribution < -0.4 is 5.32 Å². The Labute approximate surface area is 94.2 Å². The molecule has 0 spiro atoms. The van der Waals surface area contributed by atoms with Gasteiger partial charge >= 0.3 is 6.18 Å². The standard InChI is InChI=1S/C11H19F3N2/c1-3-9-7-16(8(2)6-15-9)10(4-5-10)11(12,13)14/h8-9,15H,3-7H2,1-2H3. The SMILES string of the molecule is CCC1CN(C2(C(F)(F)F)CC2)C(C)CN1. The van der Waals surface area contributed by atoms with Crippen LogP contribution in [0.2, 0.25) is 0 Å². The van der Waals surface area contributed by atoms with E-state index in [9.17, 15) is 13.2 Å². The number of hydrogen-bond donors (Lipinski definition) is 1. The van der Waals surface area contributed by atoms with Crippen molar-refractivity contribution in [3.05, 3.63) is 0 Å². The summed E-state index contributed by atoms with van der Waals surface area (Å²) < 4.78 is 39.1. The molecule has 0 aromatic rings. The van der Waals surface area contributed by atoms with Gasteiger partial charge in [0.1, 0.15) is 5.54 Å². The fourth-order valence-electron chi connectivity index (χ4n) is 2.65. The third kappa shape index (κ3) is 1.84. The lowest BCUT2D eigenvalue weighted by molar-refractivity contribution is -0.205. The molecule has 1 saturated carbocycles. The van der Waals surface area contributed by atoms with E-state index in [2.05, 4.69) is 5.32 Å². The summed E-state index contributed by atoms with van der Waals surface area (Å²) in [5, 5.41) is 3.29. The maximum Gasteiger partial charge on any atom is 0.406 e. The first-order valence-corrected chi connectivity index (χ1v) is 5.97. The molecular weight excluding hydrogens is 217 g/mol. The quantitative estimate of drug-likeness (QED) is 0.790. The lowest BCUT2D eigenvalue weighted by atomic mass is 10.0. The molecule has 1 aliphatic carbocycles. The highest BCUT2D eigenvalue weighted by atomic mass is 19.4. The van der Waals surface area contributed by atoms with Crippen LogP contribution in [0.15, 0.2) is 0 Å². The Hall–Kier alpha value is -0.290. The smallest absolute Gasteiger partial charge is 0.311 e. The molecule has 0 aromatic heterocycles. The molecule has 2 atom stereocenters. The molecule has 2 fully saturated rings. The van der Waals surface area contributed by atoms with E-state index in [1.165, 1.54) is 0 Å². The third-order valence-corrected chi connectivity index (χ3v) is 3.94. The van der Waals surface area contributed by atoms with Gasteiger partial charge in [0.05, 0.1) is 0 Å². The van der Waals surface area contributed by atoms with Crippen molar-refractivity contribution in [3.63, 3.8) is 0 Å². The van der Waals surface area contributed by atoms with E-state index in [-0.39, 0.29) is 24.9 Å². The van der Waals surface area contributed by atoms with Crippen LogP contribution in [-0.2, 0) is 0 Å². The Morgan fingerprint density at radius 1 is 1.38 bits per heavy atom. The summed E-state index contributed by atoms with van der Waals surface area (Å²) in [6, 6.07) is 0.183. The zero-order chi connectivity index (χ0) is 12.0. The number of nitrogens with one attached hydrogen (secondary N) is 1. The molecule has 1 N–H and O–H groups in total. The molecule has 1 aliphatic heterocycles. The fourth-order valence-corrected chi connectivity index (χ4v) is 2.65. The maximum absolute atomic E-state index is 13.0. The van der Waals surface area contributed by atoms with Crippen molar-refractivity contribution in [2.75, 3.05) is 13.1 Å². The van der Waals surface area contributed by atoms with Crippen molar-refractivity contribution < 1.29 is 13.2 Å². The van der Waals surface area contributed by atoms with Gasteiger partial charge in [0.25, 0.3) is 0 Å². The topological polar surface area (TPSA) is 15.3 Å². The number of alkyl halides is 3. The summed E-state index contributed by atoms with van der Waals surface area (Å²) >= 11 is 0. The summed E-state index contributed by atoms with van der Waals surface area (Å²) in [5.41, 5.74) is -1.50. The van der Waals surface area contributed by atoms with E-state index in [4.69, 9.17) is 0 Å². The van der Waals surface area contributed by atoms with Crippen LogP contribution in [0.3, 0.4) is 0 Å². The minimum absolute atomic E-state index is 0.0214. The first-order chi connectivity index (χ1) is 7.40. The van der Waals surface area contributed by atoms with E-state index in [1.807, 2.05) is 13.8 Å². The molecule has 16 heavy (non-hydrogen) atoms. The third-order valence-electron chi connectivity index (χ3n) is 3.94. The number of hydrogen-bond acceptors (Lipinski definition) is 2. The van der Waals surface area contributed by atoms with Crippen molar-refractivity contribution in [3.8, 4) is 0 Å². The van der Waals surface area contributed by atoms with Gasteiger partial charge in [-0.05, 0) is 26.2 Å². The van der Waals surface area contributed by atoms with Crippen LogP contribution in [0, 0.1) is 0 Å². The Morgan fingerprint density at radius 3 is 2.44 bits per heavy atom. The minimum atomic E-state index is -4.07. The molecule has 2 nitrogen and oxygen atoms in total. The lowest BCUT2D eigenvalue weighted by Crippen LogP contribution is -2.62. The molecular formula is C11H19F3N2. The second-order valence-corrected chi connectivity index (χ2v) is 5.04. The number of piperazine rings is 1. The van der Waals surface area contributed by atoms with Crippen LogP contribution in [0.1, 0.15) is 33.1 Å². The van der Waals surface area contributed by atoms with Crippen molar-refractivity contribution >= 4 is 0 Å². The van der Waals surface area contributed by atoms with Crippen LogP contribution in [-0.4, -0.2) is 41.8 Å². The van der Waals surface area contributed by atoms with Gasteiger partial charge in [0, 0.05) is 25.2 Å². The molecule has 0 bridgehead atoms. The van der Waals surface area contributed by atoms with Crippen molar-refractivity contribution in [1.29, 1.82) is 0 Å². The van der Waals surface area contributed by atoms with Gasteiger partial charge < -0.3 is 5.32 Å².